The second-order valence-electron chi connectivity index (χ2n) is 4.03. The number of aliphatic hydroxyl groups is 1. The van der Waals surface area contributed by atoms with Crippen molar-refractivity contribution in [3.05, 3.63) is 32.8 Å². The lowest BCUT2D eigenvalue weighted by atomic mass is 10.2. The fourth-order valence-corrected chi connectivity index (χ4v) is 3.21. The Morgan fingerprint density at radius 1 is 1.53 bits per heavy atom. The third-order valence-electron chi connectivity index (χ3n) is 2.36. The van der Waals surface area contributed by atoms with E-state index in [9.17, 15) is 18.5 Å². The lowest BCUT2D eigenvalue weighted by Crippen LogP contribution is -2.35. The third kappa shape index (κ3) is 3.63. The Bertz CT molecular complexity index is 602. The Hall–Kier alpha value is -1.22. The summed E-state index contributed by atoms with van der Waals surface area (Å²) in [6.07, 6.45) is 0. The summed E-state index contributed by atoms with van der Waals surface area (Å²) < 4.78 is 26.2. The van der Waals surface area contributed by atoms with Crippen LogP contribution in [0.5, 0.6) is 0 Å². The number of aryl methyl sites for hydroxylation is 1. The first kappa shape index (κ1) is 15.8. The number of nitrogens with one attached hydrogen (secondary N) is 1. The van der Waals surface area contributed by atoms with E-state index in [1.807, 2.05) is 0 Å². The van der Waals surface area contributed by atoms with Crippen LogP contribution in [0, 0.1) is 17.0 Å². The van der Waals surface area contributed by atoms with Gasteiger partial charge in [0, 0.05) is 12.1 Å². The van der Waals surface area contributed by atoms with Gasteiger partial charge in [-0.15, -0.1) is 0 Å². The normalized spacial score (nSPS) is 13.3. The van der Waals surface area contributed by atoms with Crippen LogP contribution in [0.25, 0.3) is 0 Å². The molecule has 9 heteroatoms. The zero-order valence-electron chi connectivity index (χ0n) is 10.3. The number of benzene rings is 1. The highest BCUT2D eigenvalue weighted by atomic mass is 35.5. The van der Waals surface area contributed by atoms with Crippen molar-refractivity contribution in [2.24, 2.45) is 0 Å². The second kappa shape index (κ2) is 5.83. The number of nitrogens with zero attached hydrogens (tertiary/aromatic N) is 1. The summed E-state index contributed by atoms with van der Waals surface area (Å²) in [7, 11) is -3.95. The van der Waals surface area contributed by atoms with Gasteiger partial charge in [0.2, 0.25) is 10.0 Å². The highest BCUT2D eigenvalue weighted by molar-refractivity contribution is 7.89. The van der Waals surface area contributed by atoms with Gasteiger partial charge in [-0.05, 0) is 25.5 Å². The van der Waals surface area contributed by atoms with Gasteiger partial charge in [0.25, 0.3) is 5.69 Å². The number of nitro benzene ring substituents is 1. The quantitative estimate of drug-likeness (QED) is 0.627. The smallest absolute Gasteiger partial charge is 0.289 e. The molecule has 0 radical (unpaired) electrons. The van der Waals surface area contributed by atoms with Crippen molar-refractivity contribution in [1.29, 1.82) is 0 Å². The topological polar surface area (TPSA) is 110 Å². The van der Waals surface area contributed by atoms with Crippen molar-refractivity contribution in [3.8, 4) is 0 Å². The summed E-state index contributed by atoms with van der Waals surface area (Å²) in [6.45, 7) is 2.57. The summed E-state index contributed by atoms with van der Waals surface area (Å²) in [5.74, 6) is 0. The molecule has 0 fully saturated rings. The Labute approximate surface area is 115 Å². The average molecular weight is 309 g/mol. The number of hydrogen-bond donors (Lipinski definition) is 2. The van der Waals surface area contributed by atoms with Gasteiger partial charge < -0.3 is 5.11 Å². The van der Waals surface area contributed by atoms with E-state index < -0.39 is 26.7 Å². The van der Waals surface area contributed by atoms with E-state index in [-0.39, 0.29) is 22.1 Å². The molecule has 1 rings (SSSR count). The zero-order chi connectivity index (χ0) is 14.8. The third-order valence-corrected chi connectivity index (χ3v) is 4.40. The van der Waals surface area contributed by atoms with Gasteiger partial charge in [-0.25, -0.2) is 13.1 Å². The molecule has 0 heterocycles. The SMILES string of the molecule is Cc1cc(Cl)c([N+](=O)[O-])cc1S(=O)(=O)N[C@@H](C)CO. The molecule has 0 saturated heterocycles. The first-order valence-electron chi connectivity index (χ1n) is 5.26. The van der Waals surface area contributed by atoms with E-state index >= 15 is 0 Å². The van der Waals surface area contributed by atoms with Crippen LogP contribution in [-0.4, -0.2) is 31.1 Å². The average Bonchev–Trinajstić information content (AvgIpc) is 2.27. The molecule has 2 N–H and O–H groups in total. The standard InChI is InChI=1S/C10H13ClN2O5S/c1-6-3-8(11)9(13(15)16)4-10(6)19(17,18)12-7(2)5-14/h3-4,7,12,14H,5H2,1-2H3/t7-/m0/s1. The van der Waals surface area contributed by atoms with Gasteiger partial charge in [0.05, 0.1) is 16.4 Å². The number of aliphatic hydroxyl groups excluding tert-OH is 1. The molecule has 1 aromatic rings. The summed E-state index contributed by atoms with van der Waals surface area (Å²) in [6, 6.07) is 1.43. The van der Waals surface area contributed by atoms with Crippen LogP contribution < -0.4 is 4.72 Å². The fraction of sp³-hybridized carbons (Fsp3) is 0.400. The first-order chi connectivity index (χ1) is 8.69. The van der Waals surface area contributed by atoms with E-state index in [4.69, 9.17) is 16.7 Å². The van der Waals surface area contributed by atoms with Gasteiger partial charge in [0.1, 0.15) is 5.02 Å². The molecular formula is C10H13ClN2O5S. The Morgan fingerprint density at radius 2 is 2.11 bits per heavy atom. The van der Waals surface area contributed by atoms with E-state index in [1.165, 1.54) is 19.9 Å². The predicted molar refractivity (Wildman–Crippen MR) is 69.7 cm³/mol. The summed E-state index contributed by atoms with van der Waals surface area (Å²) in [5, 5.41) is 19.5. The summed E-state index contributed by atoms with van der Waals surface area (Å²) in [5.41, 5.74) is -0.197. The predicted octanol–water partition coefficient (Wildman–Crippen LogP) is 1.22. The van der Waals surface area contributed by atoms with Crippen LogP contribution in [-0.2, 0) is 10.0 Å². The Morgan fingerprint density at radius 3 is 2.58 bits per heavy atom. The summed E-state index contributed by atoms with van der Waals surface area (Å²) >= 11 is 5.68. The van der Waals surface area contributed by atoms with Crippen molar-refractivity contribution in [3.63, 3.8) is 0 Å². The highest BCUT2D eigenvalue weighted by Gasteiger charge is 2.24. The number of sulfonamides is 1. The van der Waals surface area contributed by atoms with Crippen molar-refractivity contribution in [2.45, 2.75) is 24.8 Å². The number of hydrogen-bond acceptors (Lipinski definition) is 5. The molecule has 0 aliphatic heterocycles. The van der Waals surface area contributed by atoms with E-state index in [2.05, 4.69) is 4.72 Å². The van der Waals surface area contributed by atoms with E-state index in [0.717, 1.165) is 6.07 Å². The zero-order valence-corrected chi connectivity index (χ0v) is 11.8. The molecule has 19 heavy (non-hydrogen) atoms. The minimum absolute atomic E-state index is 0.128. The lowest BCUT2D eigenvalue weighted by molar-refractivity contribution is -0.384. The monoisotopic (exact) mass is 308 g/mol. The minimum Gasteiger partial charge on any atom is -0.395 e. The van der Waals surface area contributed by atoms with Crippen LogP contribution in [0.2, 0.25) is 5.02 Å². The maximum Gasteiger partial charge on any atom is 0.289 e. The highest BCUT2D eigenvalue weighted by Crippen LogP contribution is 2.30. The largest absolute Gasteiger partial charge is 0.395 e. The molecule has 1 aromatic carbocycles. The molecule has 0 bridgehead atoms. The Kier molecular flexibility index (Phi) is 4.86. The molecule has 0 unspecified atom stereocenters. The maximum atomic E-state index is 12.0. The van der Waals surface area contributed by atoms with Crippen LogP contribution in [0.1, 0.15) is 12.5 Å². The van der Waals surface area contributed by atoms with Crippen molar-refractivity contribution >= 4 is 27.3 Å². The molecule has 106 valence electrons. The molecule has 7 nitrogen and oxygen atoms in total. The lowest BCUT2D eigenvalue weighted by Gasteiger charge is -2.13. The summed E-state index contributed by atoms with van der Waals surface area (Å²) in [4.78, 5) is 9.77. The molecule has 0 aliphatic carbocycles. The first-order valence-corrected chi connectivity index (χ1v) is 7.13. The maximum absolute atomic E-state index is 12.0. The van der Waals surface area contributed by atoms with Crippen molar-refractivity contribution in [1.82, 2.24) is 4.72 Å². The Balaban J connectivity index is 3.34. The van der Waals surface area contributed by atoms with Gasteiger partial charge in [-0.2, -0.15) is 0 Å². The molecule has 0 spiro atoms. The minimum atomic E-state index is -3.95. The second-order valence-corrected chi connectivity index (χ2v) is 6.12. The van der Waals surface area contributed by atoms with Gasteiger partial charge in [-0.1, -0.05) is 11.6 Å². The van der Waals surface area contributed by atoms with Crippen molar-refractivity contribution < 1.29 is 18.4 Å². The van der Waals surface area contributed by atoms with E-state index in [0.29, 0.717) is 0 Å². The molecule has 1 atom stereocenters. The van der Waals surface area contributed by atoms with Gasteiger partial charge >= 0.3 is 0 Å². The molecule has 0 amide bonds. The number of nitro groups is 1. The fourth-order valence-electron chi connectivity index (χ4n) is 1.44. The molecular weight excluding hydrogens is 296 g/mol. The van der Waals surface area contributed by atoms with Crippen LogP contribution >= 0.6 is 11.6 Å². The van der Waals surface area contributed by atoms with Gasteiger partial charge in [0.15, 0.2) is 0 Å². The number of rotatable bonds is 5. The van der Waals surface area contributed by atoms with Crippen LogP contribution in [0.4, 0.5) is 5.69 Å². The van der Waals surface area contributed by atoms with Crippen LogP contribution in [0.3, 0.4) is 0 Å². The molecule has 0 aromatic heterocycles. The number of halogens is 1. The molecule has 0 aliphatic rings. The van der Waals surface area contributed by atoms with Gasteiger partial charge in [-0.3, -0.25) is 10.1 Å². The molecule has 0 saturated carbocycles. The van der Waals surface area contributed by atoms with Crippen molar-refractivity contribution in [2.75, 3.05) is 6.61 Å². The van der Waals surface area contributed by atoms with Crippen LogP contribution in [0.15, 0.2) is 17.0 Å². The van der Waals surface area contributed by atoms with E-state index in [1.54, 1.807) is 0 Å².